The molecule has 0 aliphatic carbocycles. The zero-order valence-electron chi connectivity index (χ0n) is 14.9. The molecule has 0 fully saturated rings. The molecule has 0 bridgehead atoms. The molecule has 1 N–H and O–H groups in total. The molecule has 1 aliphatic heterocycles. The van der Waals surface area contributed by atoms with E-state index >= 15 is 0 Å². The van der Waals surface area contributed by atoms with Gasteiger partial charge in [-0.2, -0.15) is 0 Å². The number of carbonyl (C=O) groups excluding carboxylic acids is 2. The standard InChI is InChI=1S/C20H17ClFNO5/c1-12(20(25)23-14-4-5-16(22)15(21)11-14)28-19(24)7-3-13-2-6-17-18(10-13)27-9-8-26-17/h2-7,10-12H,8-9H2,1H3,(H,23,25)/b7-3+/t12-/m1/s1. The molecule has 0 aromatic heterocycles. The van der Waals surface area contributed by atoms with E-state index in [2.05, 4.69) is 5.32 Å². The van der Waals surface area contributed by atoms with Gasteiger partial charge in [-0.1, -0.05) is 17.7 Å². The minimum absolute atomic E-state index is 0.121. The van der Waals surface area contributed by atoms with E-state index < -0.39 is 23.8 Å². The van der Waals surface area contributed by atoms with Gasteiger partial charge < -0.3 is 19.5 Å². The Hall–Kier alpha value is -3.06. The van der Waals surface area contributed by atoms with Crippen molar-refractivity contribution in [1.29, 1.82) is 0 Å². The summed E-state index contributed by atoms with van der Waals surface area (Å²) in [6.45, 7) is 2.39. The first-order valence-corrected chi connectivity index (χ1v) is 8.84. The molecule has 1 atom stereocenters. The Bertz CT molecular complexity index is 931. The van der Waals surface area contributed by atoms with Crippen molar-refractivity contribution in [2.45, 2.75) is 13.0 Å². The maximum atomic E-state index is 13.1. The minimum Gasteiger partial charge on any atom is -0.486 e. The first kappa shape index (κ1) is 19.7. The lowest BCUT2D eigenvalue weighted by Gasteiger charge is -2.18. The van der Waals surface area contributed by atoms with Crippen molar-refractivity contribution >= 4 is 35.2 Å². The van der Waals surface area contributed by atoms with Crippen LogP contribution in [0.5, 0.6) is 11.5 Å². The molecular weight excluding hydrogens is 389 g/mol. The van der Waals surface area contributed by atoms with E-state index in [0.29, 0.717) is 30.4 Å². The van der Waals surface area contributed by atoms with Gasteiger partial charge in [0, 0.05) is 11.8 Å². The summed E-state index contributed by atoms with van der Waals surface area (Å²) < 4.78 is 29.1. The Labute approximate surface area is 165 Å². The number of esters is 1. The largest absolute Gasteiger partial charge is 0.486 e. The zero-order valence-corrected chi connectivity index (χ0v) is 15.7. The highest BCUT2D eigenvalue weighted by molar-refractivity contribution is 6.31. The number of nitrogens with one attached hydrogen (secondary N) is 1. The lowest BCUT2D eigenvalue weighted by Crippen LogP contribution is -2.29. The molecule has 0 saturated carbocycles. The average molecular weight is 406 g/mol. The van der Waals surface area contributed by atoms with Crippen LogP contribution in [0.3, 0.4) is 0 Å². The molecule has 0 unspecified atom stereocenters. The molecule has 28 heavy (non-hydrogen) atoms. The van der Waals surface area contributed by atoms with Gasteiger partial charge in [-0.05, 0) is 48.9 Å². The number of carbonyl (C=O) groups is 2. The van der Waals surface area contributed by atoms with Crippen molar-refractivity contribution in [3.8, 4) is 11.5 Å². The molecule has 1 heterocycles. The van der Waals surface area contributed by atoms with Crippen molar-refractivity contribution in [2.75, 3.05) is 18.5 Å². The highest BCUT2D eigenvalue weighted by Crippen LogP contribution is 2.31. The van der Waals surface area contributed by atoms with Gasteiger partial charge in [0.25, 0.3) is 5.91 Å². The Morgan fingerprint density at radius 2 is 1.93 bits per heavy atom. The summed E-state index contributed by atoms with van der Waals surface area (Å²) in [5, 5.41) is 2.38. The SMILES string of the molecule is C[C@@H](OC(=O)/C=C/c1ccc2c(c1)OCCO2)C(=O)Nc1ccc(F)c(Cl)c1. The Kier molecular flexibility index (Phi) is 6.16. The maximum Gasteiger partial charge on any atom is 0.331 e. The van der Waals surface area contributed by atoms with Gasteiger partial charge in [0.2, 0.25) is 0 Å². The molecule has 0 spiro atoms. The normalized spacial score (nSPS) is 13.8. The fraction of sp³-hybridized carbons (Fsp3) is 0.200. The number of benzene rings is 2. The van der Waals surface area contributed by atoms with Crippen LogP contribution < -0.4 is 14.8 Å². The van der Waals surface area contributed by atoms with E-state index in [0.717, 1.165) is 11.6 Å². The molecule has 0 radical (unpaired) electrons. The van der Waals surface area contributed by atoms with Gasteiger partial charge in [0.15, 0.2) is 17.6 Å². The highest BCUT2D eigenvalue weighted by atomic mass is 35.5. The summed E-state index contributed by atoms with van der Waals surface area (Å²) in [4.78, 5) is 24.1. The summed E-state index contributed by atoms with van der Waals surface area (Å²) in [6, 6.07) is 9.02. The molecule has 146 valence electrons. The van der Waals surface area contributed by atoms with Crippen LogP contribution in [0.2, 0.25) is 5.02 Å². The van der Waals surface area contributed by atoms with E-state index in [-0.39, 0.29) is 5.02 Å². The molecule has 2 aromatic carbocycles. The van der Waals surface area contributed by atoms with Crippen LogP contribution in [0.4, 0.5) is 10.1 Å². The van der Waals surface area contributed by atoms with E-state index in [1.807, 2.05) is 0 Å². The minimum atomic E-state index is -1.05. The third-order valence-corrected chi connectivity index (χ3v) is 4.12. The summed E-state index contributed by atoms with van der Waals surface area (Å²) in [5.41, 5.74) is 1.02. The number of fused-ring (bicyclic) bond motifs is 1. The van der Waals surface area contributed by atoms with Gasteiger partial charge in [0.1, 0.15) is 19.0 Å². The average Bonchev–Trinajstić information content (AvgIpc) is 2.69. The summed E-state index contributed by atoms with van der Waals surface area (Å²) >= 11 is 5.67. The van der Waals surface area contributed by atoms with Crippen LogP contribution in [0.15, 0.2) is 42.5 Å². The molecule has 2 aromatic rings. The van der Waals surface area contributed by atoms with Crippen LogP contribution in [0, 0.1) is 5.82 Å². The highest BCUT2D eigenvalue weighted by Gasteiger charge is 2.17. The number of hydrogen-bond acceptors (Lipinski definition) is 5. The van der Waals surface area contributed by atoms with Crippen molar-refractivity contribution in [1.82, 2.24) is 0 Å². The number of hydrogen-bond donors (Lipinski definition) is 1. The number of anilines is 1. The van der Waals surface area contributed by atoms with Gasteiger partial charge in [-0.3, -0.25) is 4.79 Å². The fourth-order valence-electron chi connectivity index (χ4n) is 2.41. The number of rotatable bonds is 5. The zero-order chi connectivity index (χ0) is 20.1. The van der Waals surface area contributed by atoms with Crippen molar-refractivity contribution < 1.29 is 28.2 Å². The lowest BCUT2D eigenvalue weighted by atomic mass is 10.2. The van der Waals surface area contributed by atoms with E-state index in [1.54, 1.807) is 24.3 Å². The first-order valence-electron chi connectivity index (χ1n) is 8.46. The van der Waals surface area contributed by atoms with Gasteiger partial charge in [0.05, 0.1) is 5.02 Å². The predicted molar refractivity (Wildman–Crippen MR) is 102 cm³/mol. The summed E-state index contributed by atoms with van der Waals surface area (Å²) in [5.74, 6) is -0.591. The van der Waals surface area contributed by atoms with Crippen LogP contribution in [-0.4, -0.2) is 31.2 Å². The van der Waals surface area contributed by atoms with E-state index in [9.17, 15) is 14.0 Å². The Morgan fingerprint density at radius 3 is 2.68 bits per heavy atom. The third kappa shape index (κ3) is 5.01. The van der Waals surface area contributed by atoms with Gasteiger partial charge in [-0.15, -0.1) is 0 Å². The molecule has 1 amide bonds. The first-order chi connectivity index (χ1) is 13.4. The van der Waals surface area contributed by atoms with Gasteiger partial charge in [-0.25, -0.2) is 9.18 Å². The third-order valence-electron chi connectivity index (χ3n) is 3.83. The Morgan fingerprint density at radius 1 is 1.18 bits per heavy atom. The van der Waals surface area contributed by atoms with Crippen molar-refractivity contribution in [2.24, 2.45) is 0 Å². The van der Waals surface area contributed by atoms with Crippen molar-refractivity contribution in [3.05, 3.63) is 58.9 Å². The monoisotopic (exact) mass is 405 g/mol. The molecule has 8 heteroatoms. The predicted octanol–water partition coefficient (Wildman–Crippen LogP) is 3.83. The van der Waals surface area contributed by atoms with E-state index in [1.165, 1.54) is 25.1 Å². The maximum absolute atomic E-state index is 13.1. The number of halogens is 2. The van der Waals surface area contributed by atoms with Crippen LogP contribution in [0.1, 0.15) is 12.5 Å². The van der Waals surface area contributed by atoms with Crippen LogP contribution in [-0.2, 0) is 14.3 Å². The Balaban J connectivity index is 1.55. The number of amides is 1. The smallest absolute Gasteiger partial charge is 0.331 e. The lowest BCUT2D eigenvalue weighted by molar-refractivity contribution is -0.148. The summed E-state index contributed by atoms with van der Waals surface area (Å²) in [6.07, 6.45) is 1.70. The second-order valence-corrected chi connectivity index (χ2v) is 6.34. The molecule has 3 rings (SSSR count). The molecule has 0 saturated heterocycles. The van der Waals surface area contributed by atoms with Gasteiger partial charge >= 0.3 is 5.97 Å². The molecule has 1 aliphatic rings. The van der Waals surface area contributed by atoms with Crippen LogP contribution in [0.25, 0.3) is 6.08 Å². The van der Waals surface area contributed by atoms with Crippen molar-refractivity contribution in [3.63, 3.8) is 0 Å². The second kappa shape index (κ2) is 8.75. The van der Waals surface area contributed by atoms with E-state index in [4.69, 9.17) is 25.8 Å². The topological polar surface area (TPSA) is 73.9 Å². The molecular formula is C20H17ClFNO5. The molecule has 6 nitrogen and oxygen atoms in total. The number of ether oxygens (including phenoxy) is 3. The fourth-order valence-corrected chi connectivity index (χ4v) is 2.59. The quantitative estimate of drug-likeness (QED) is 0.604. The summed E-state index contributed by atoms with van der Waals surface area (Å²) in [7, 11) is 0. The second-order valence-electron chi connectivity index (χ2n) is 5.93. The van der Waals surface area contributed by atoms with Crippen LogP contribution >= 0.6 is 11.6 Å².